The summed E-state index contributed by atoms with van der Waals surface area (Å²) in [5.41, 5.74) is 1.29. The van der Waals surface area contributed by atoms with Gasteiger partial charge in [-0.15, -0.1) is 0 Å². The molecule has 2 heterocycles. The SMILES string of the molecule is CCn1cc(CN2CCOCC2CNC)cn1. The van der Waals surface area contributed by atoms with Crippen LogP contribution in [-0.4, -0.2) is 54.1 Å². The van der Waals surface area contributed by atoms with E-state index in [4.69, 9.17) is 4.74 Å². The van der Waals surface area contributed by atoms with Crippen molar-refractivity contribution in [2.45, 2.75) is 26.1 Å². The van der Waals surface area contributed by atoms with Crippen molar-refractivity contribution in [1.29, 1.82) is 0 Å². The lowest BCUT2D eigenvalue weighted by Gasteiger charge is -2.35. The summed E-state index contributed by atoms with van der Waals surface area (Å²) in [6.45, 7) is 7.64. The van der Waals surface area contributed by atoms with E-state index in [1.807, 2.05) is 17.9 Å². The monoisotopic (exact) mass is 238 g/mol. The minimum Gasteiger partial charge on any atom is -0.378 e. The Morgan fingerprint density at radius 1 is 1.59 bits per heavy atom. The molecule has 0 amide bonds. The van der Waals surface area contributed by atoms with Crippen LogP contribution in [0.1, 0.15) is 12.5 Å². The Morgan fingerprint density at radius 3 is 3.18 bits per heavy atom. The van der Waals surface area contributed by atoms with E-state index in [-0.39, 0.29) is 0 Å². The lowest BCUT2D eigenvalue weighted by molar-refractivity contribution is -0.0103. The third-order valence-corrected chi connectivity index (χ3v) is 3.19. The number of nitrogens with one attached hydrogen (secondary N) is 1. The molecule has 1 fully saturated rings. The second kappa shape index (κ2) is 6.14. The Labute approximate surface area is 103 Å². The molecular weight excluding hydrogens is 216 g/mol. The van der Waals surface area contributed by atoms with Gasteiger partial charge in [0, 0.05) is 44.0 Å². The third kappa shape index (κ3) is 3.28. The van der Waals surface area contributed by atoms with Crippen molar-refractivity contribution in [1.82, 2.24) is 20.0 Å². The van der Waals surface area contributed by atoms with Gasteiger partial charge in [-0.2, -0.15) is 5.10 Å². The van der Waals surface area contributed by atoms with Crippen LogP contribution in [0.3, 0.4) is 0 Å². The number of hydrogen-bond acceptors (Lipinski definition) is 4. The standard InChI is InChI=1S/C12H22N4O/c1-3-16-9-11(6-14-16)8-15-4-5-17-10-12(15)7-13-2/h6,9,12-13H,3-5,7-8,10H2,1-2H3. The highest BCUT2D eigenvalue weighted by molar-refractivity contribution is 5.04. The van der Waals surface area contributed by atoms with Gasteiger partial charge in [0.2, 0.25) is 0 Å². The molecule has 1 aliphatic rings. The molecule has 0 spiro atoms. The van der Waals surface area contributed by atoms with E-state index in [2.05, 4.69) is 28.4 Å². The lowest BCUT2D eigenvalue weighted by atomic mass is 10.2. The van der Waals surface area contributed by atoms with Gasteiger partial charge < -0.3 is 10.1 Å². The van der Waals surface area contributed by atoms with Gasteiger partial charge in [0.25, 0.3) is 0 Å². The quantitative estimate of drug-likeness (QED) is 0.802. The molecule has 17 heavy (non-hydrogen) atoms. The van der Waals surface area contributed by atoms with Crippen molar-refractivity contribution < 1.29 is 4.74 Å². The molecule has 0 aliphatic carbocycles. The highest BCUT2D eigenvalue weighted by Crippen LogP contribution is 2.11. The largest absolute Gasteiger partial charge is 0.378 e. The molecule has 0 bridgehead atoms. The van der Waals surface area contributed by atoms with Crippen molar-refractivity contribution in [3.05, 3.63) is 18.0 Å². The molecule has 5 nitrogen and oxygen atoms in total. The summed E-state index contributed by atoms with van der Waals surface area (Å²) in [6.07, 6.45) is 4.10. The zero-order chi connectivity index (χ0) is 12.1. The Hall–Kier alpha value is -0.910. The molecule has 1 aromatic heterocycles. The number of nitrogens with zero attached hydrogens (tertiary/aromatic N) is 3. The average molecular weight is 238 g/mol. The van der Waals surface area contributed by atoms with Gasteiger partial charge in [-0.25, -0.2) is 0 Å². The summed E-state index contributed by atoms with van der Waals surface area (Å²) < 4.78 is 7.50. The van der Waals surface area contributed by atoms with Gasteiger partial charge in [-0.1, -0.05) is 0 Å². The summed E-state index contributed by atoms with van der Waals surface area (Å²) in [4.78, 5) is 2.47. The predicted octanol–water partition coefficient (Wildman–Crippen LogP) is 0.323. The summed E-state index contributed by atoms with van der Waals surface area (Å²) in [6, 6.07) is 0.471. The summed E-state index contributed by atoms with van der Waals surface area (Å²) in [5.74, 6) is 0. The van der Waals surface area contributed by atoms with Crippen LogP contribution in [0.2, 0.25) is 0 Å². The maximum absolute atomic E-state index is 5.53. The Balaban J connectivity index is 1.95. The second-order valence-electron chi connectivity index (χ2n) is 4.46. The first-order valence-corrected chi connectivity index (χ1v) is 6.31. The summed E-state index contributed by atoms with van der Waals surface area (Å²) in [7, 11) is 1.99. The van der Waals surface area contributed by atoms with E-state index >= 15 is 0 Å². The number of aryl methyl sites for hydroxylation is 1. The third-order valence-electron chi connectivity index (χ3n) is 3.19. The van der Waals surface area contributed by atoms with E-state index < -0.39 is 0 Å². The second-order valence-corrected chi connectivity index (χ2v) is 4.46. The fraction of sp³-hybridized carbons (Fsp3) is 0.750. The molecule has 0 aromatic carbocycles. The van der Waals surface area contributed by atoms with Crippen LogP contribution in [0.4, 0.5) is 0 Å². The van der Waals surface area contributed by atoms with Crippen LogP contribution in [0.5, 0.6) is 0 Å². The van der Waals surface area contributed by atoms with Crippen LogP contribution in [0.15, 0.2) is 12.4 Å². The molecule has 2 rings (SSSR count). The molecule has 1 aliphatic heterocycles. The Bertz CT molecular complexity index is 337. The molecule has 1 aromatic rings. The van der Waals surface area contributed by atoms with Gasteiger partial charge in [0.1, 0.15) is 0 Å². The number of rotatable bonds is 5. The molecule has 1 saturated heterocycles. The molecule has 96 valence electrons. The van der Waals surface area contributed by atoms with Crippen LogP contribution >= 0.6 is 0 Å². The fourth-order valence-corrected chi connectivity index (χ4v) is 2.22. The molecule has 1 unspecified atom stereocenters. The van der Waals surface area contributed by atoms with Gasteiger partial charge in [-0.3, -0.25) is 9.58 Å². The van der Waals surface area contributed by atoms with Crippen molar-refractivity contribution >= 4 is 0 Å². The smallest absolute Gasteiger partial charge is 0.0635 e. The van der Waals surface area contributed by atoms with Crippen molar-refractivity contribution in [2.24, 2.45) is 0 Å². The fourth-order valence-electron chi connectivity index (χ4n) is 2.22. The molecule has 0 radical (unpaired) electrons. The van der Waals surface area contributed by atoms with Gasteiger partial charge in [0.15, 0.2) is 0 Å². The predicted molar refractivity (Wildman–Crippen MR) is 66.8 cm³/mol. The highest BCUT2D eigenvalue weighted by Gasteiger charge is 2.22. The van der Waals surface area contributed by atoms with Crippen LogP contribution < -0.4 is 5.32 Å². The lowest BCUT2D eigenvalue weighted by Crippen LogP contribution is -2.49. The van der Waals surface area contributed by atoms with E-state index in [9.17, 15) is 0 Å². The topological polar surface area (TPSA) is 42.3 Å². The first kappa shape index (κ1) is 12.5. The zero-order valence-corrected chi connectivity index (χ0v) is 10.7. The Morgan fingerprint density at radius 2 is 2.47 bits per heavy atom. The van der Waals surface area contributed by atoms with Crippen LogP contribution in [0, 0.1) is 0 Å². The van der Waals surface area contributed by atoms with E-state index in [0.717, 1.165) is 39.4 Å². The maximum atomic E-state index is 5.53. The van der Waals surface area contributed by atoms with Crippen molar-refractivity contribution in [3.8, 4) is 0 Å². The number of hydrogen-bond donors (Lipinski definition) is 1. The molecule has 0 saturated carbocycles. The summed E-state index contributed by atoms with van der Waals surface area (Å²) >= 11 is 0. The number of aromatic nitrogens is 2. The van der Waals surface area contributed by atoms with E-state index in [0.29, 0.717) is 6.04 Å². The van der Waals surface area contributed by atoms with Gasteiger partial charge >= 0.3 is 0 Å². The molecular formula is C12H22N4O. The average Bonchev–Trinajstić information content (AvgIpc) is 2.80. The maximum Gasteiger partial charge on any atom is 0.0635 e. The molecule has 1 atom stereocenters. The number of ether oxygens (including phenoxy) is 1. The first-order valence-electron chi connectivity index (χ1n) is 6.31. The number of morpholine rings is 1. The van der Waals surface area contributed by atoms with E-state index in [1.54, 1.807) is 0 Å². The van der Waals surface area contributed by atoms with Gasteiger partial charge in [0.05, 0.1) is 19.4 Å². The summed E-state index contributed by atoms with van der Waals surface area (Å²) in [5, 5.41) is 7.54. The minimum atomic E-state index is 0.471. The molecule has 5 heteroatoms. The zero-order valence-electron chi connectivity index (χ0n) is 10.7. The van der Waals surface area contributed by atoms with Gasteiger partial charge in [-0.05, 0) is 14.0 Å². The van der Waals surface area contributed by atoms with E-state index in [1.165, 1.54) is 5.56 Å². The highest BCUT2D eigenvalue weighted by atomic mass is 16.5. The van der Waals surface area contributed by atoms with Crippen LogP contribution in [-0.2, 0) is 17.8 Å². The van der Waals surface area contributed by atoms with Crippen LogP contribution in [0.25, 0.3) is 0 Å². The molecule has 1 N–H and O–H groups in total. The normalized spacial score (nSPS) is 21.9. The first-order chi connectivity index (χ1) is 8.33. The van der Waals surface area contributed by atoms with Crippen molar-refractivity contribution in [2.75, 3.05) is 33.4 Å². The number of likely N-dealkylation sites (N-methyl/N-ethyl adjacent to an activating group) is 1. The van der Waals surface area contributed by atoms with Crippen molar-refractivity contribution in [3.63, 3.8) is 0 Å². The minimum absolute atomic E-state index is 0.471. The Kier molecular flexibility index (Phi) is 4.53.